The van der Waals surface area contributed by atoms with Crippen LogP contribution in [0.1, 0.15) is 53.1 Å². The number of nitrogens with zero attached hydrogens (tertiary/aromatic N) is 7. The van der Waals surface area contributed by atoms with Crippen LogP contribution in [0.4, 0.5) is 10.6 Å². The molecule has 194 valence electrons. The van der Waals surface area contributed by atoms with Crippen LogP contribution in [0.5, 0.6) is 0 Å². The van der Waals surface area contributed by atoms with Crippen molar-refractivity contribution >= 4 is 46.1 Å². The molecular weight excluding hydrogens is 505 g/mol. The minimum atomic E-state index is -0.581. The second-order valence-corrected chi connectivity index (χ2v) is 11.1. The average Bonchev–Trinajstić information content (AvgIpc) is 3.14. The molecule has 4 heterocycles. The standard InChI is InChI=1S/C24H31Cl2N7O3/c1-13(2)33-21(14(3)11-27-33)32-20-16(10-17(25)18(26)28-20)19(29-22(32)34)31-9-8-30(12-15(31)4)23(35)36-24(5,6)7/h10-11,13,15H,8-9,12H2,1-7H3. The lowest BCUT2D eigenvalue weighted by atomic mass is 10.1. The Morgan fingerprint density at radius 3 is 2.50 bits per heavy atom. The molecule has 3 aromatic rings. The van der Waals surface area contributed by atoms with Crippen molar-refractivity contribution in [2.45, 2.75) is 66.2 Å². The Morgan fingerprint density at radius 2 is 1.89 bits per heavy atom. The molecule has 3 aromatic heterocycles. The Balaban J connectivity index is 1.82. The topological polar surface area (TPSA) is 98.4 Å². The van der Waals surface area contributed by atoms with Gasteiger partial charge >= 0.3 is 11.8 Å². The normalized spacial score (nSPS) is 16.8. The minimum absolute atomic E-state index is 0.000877. The predicted octanol–water partition coefficient (Wildman–Crippen LogP) is 4.62. The first-order valence-corrected chi connectivity index (χ1v) is 12.6. The van der Waals surface area contributed by atoms with Gasteiger partial charge in [-0.1, -0.05) is 23.2 Å². The van der Waals surface area contributed by atoms with Gasteiger partial charge in [-0.25, -0.2) is 23.8 Å². The molecule has 12 heteroatoms. The van der Waals surface area contributed by atoms with Gasteiger partial charge in [0.1, 0.15) is 22.4 Å². The molecule has 36 heavy (non-hydrogen) atoms. The largest absolute Gasteiger partial charge is 0.444 e. The van der Waals surface area contributed by atoms with Crippen LogP contribution >= 0.6 is 23.2 Å². The van der Waals surface area contributed by atoms with Crippen LogP contribution < -0.4 is 10.6 Å². The van der Waals surface area contributed by atoms with Crippen LogP contribution in [0.15, 0.2) is 17.1 Å². The first-order valence-electron chi connectivity index (χ1n) is 11.9. The van der Waals surface area contributed by atoms with Gasteiger partial charge in [0.05, 0.1) is 16.6 Å². The van der Waals surface area contributed by atoms with Crippen molar-refractivity contribution < 1.29 is 9.53 Å². The number of amides is 1. The van der Waals surface area contributed by atoms with Gasteiger partial charge in [0.25, 0.3) is 0 Å². The lowest BCUT2D eigenvalue weighted by Crippen LogP contribution is -2.55. The Labute approximate surface area is 219 Å². The van der Waals surface area contributed by atoms with Crippen LogP contribution in [-0.4, -0.2) is 66.6 Å². The summed E-state index contributed by atoms with van der Waals surface area (Å²) in [5.41, 5.74) is 0.0541. The molecule has 0 N–H and O–H groups in total. The highest BCUT2D eigenvalue weighted by atomic mass is 35.5. The van der Waals surface area contributed by atoms with E-state index in [1.165, 1.54) is 4.57 Å². The van der Waals surface area contributed by atoms with E-state index < -0.39 is 11.3 Å². The lowest BCUT2D eigenvalue weighted by molar-refractivity contribution is 0.0218. The summed E-state index contributed by atoms with van der Waals surface area (Å²) in [6.07, 6.45) is 1.34. The second-order valence-electron chi connectivity index (χ2n) is 10.3. The molecule has 0 spiro atoms. The molecule has 10 nitrogen and oxygen atoms in total. The molecule has 0 radical (unpaired) electrons. The molecule has 1 aliphatic rings. The number of halogens is 2. The molecule has 4 rings (SSSR count). The molecule has 1 unspecified atom stereocenters. The number of pyridine rings is 1. The number of ether oxygens (including phenoxy) is 1. The van der Waals surface area contributed by atoms with E-state index in [1.807, 2.05) is 53.4 Å². The quantitative estimate of drug-likeness (QED) is 0.451. The van der Waals surface area contributed by atoms with Gasteiger partial charge in [-0.05, 0) is 54.5 Å². The van der Waals surface area contributed by atoms with Gasteiger partial charge in [0, 0.05) is 37.3 Å². The molecule has 1 amide bonds. The van der Waals surface area contributed by atoms with E-state index in [9.17, 15) is 9.59 Å². The smallest absolute Gasteiger partial charge is 0.410 e. The van der Waals surface area contributed by atoms with Gasteiger partial charge in [-0.2, -0.15) is 10.1 Å². The molecule has 1 saturated heterocycles. The van der Waals surface area contributed by atoms with E-state index in [2.05, 4.69) is 15.1 Å². The van der Waals surface area contributed by atoms with Gasteiger partial charge in [-0.3, -0.25) is 0 Å². The fourth-order valence-electron chi connectivity index (χ4n) is 4.36. The number of fused-ring (bicyclic) bond motifs is 1. The van der Waals surface area contributed by atoms with Gasteiger partial charge < -0.3 is 14.5 Å². The lowest BCUT2D eigenvalue weighted by Gasteiger charge is -2.41. The molecule has 1 atom stereocenters. The zero-order valence-electron chi connectivity index (χ0n) is 21.5. The summed E-state index contributed by atoms with van der Waals surface area (Å²) in [6, 6.07) is 1.54. The van der Waals surface area contributed by atoms with Gasteiger partial charge in [0.15, 0.2) is 5.65 Å². The number of aromatic nitrogens is 5. The molecule has 0 aliphatic carbocycles. The SMILES string of the molecule is Cc1cnn(C(C)C)c1-n1c(=O)nc(N2CCN(C(=O)OC(C)(C)C)CC2C)c2cc(Cl)c(Cl)nc21. The monoisotopic (exact) mass is 535 g/mol. The van der Waals surface area contributed by atoms with Crippen molar-refractivity contribution in [2.75, 3.05) is 24.5 Å². The van der Waals surface area contributed by atoms with Crippen LogP contribution in [0.3, 0.4) is 0 Å². The Bertz CT molecular complexity index is 1380. The highest BCUT2D eigenvalue weighted by Crippen LogP contribution is 2.32. The summed E-state index contributed by atoms with van der Waals surface area (Å²) >= 11 is 12.7. The number of anilines is 1. The number of hydrogen-bond donors (Lipinski definition) is 0. The van der Waals surface area contributed by atoms with E-state index in [-0.39, 0.29) is 28.4 Å². The maximum atomic E-state index is 13.5. The first kappa shape index (κ1) is 26.2. The predicted molar refractivity (Wildman–Crippen MR) is 141 cm³/mol. The summed E-state index contributed by atoms with van der Waals surface area (Å²) in [5, 5.41) is 5.36. The fourth-order valence-corrected chi connectivity index (χ4v) is 4.64. The summed E-state index contributed by atoms with van der Waals surface area (Å²) in [6.45, 7) is 14.6. The van der Waals surface area contributed by atoms with E-state index >= 15 is 0 Å². The molecule has 1 fully saturated rings. The van der Waals surface area contributed by atoms with Crippen LogP contribution in [0.25, 0.3) is 16.9 Å². The maximum absolute atomic E-state index is 13.5. The third-order valence-electron chi connectivity index (χ3n) is 5.96. The average molecular weight is 536 g/mol. The third kappa shape index (κ3) is 4.88. The number of hydrogen-bond acceptors (Lipinski definition) is 7. The highest BCUT2D eigenvalue weighted by molar-refractivity contribution is 6.41. The van der Waals surface area contributed by atoms with E-state index in [4.69, 9.17) is 27.9 Å². The zero-order valence-corrected chi connectivity index (χ0v) is 23.1. The minimum Gasteiger partial charge on any atom is -0.444 e. The van der Waals surface area contributed by atoms with Crippen molar-refractivity contribution in [1.29, 1.82) is 0 Å². The number of carbonyl (C=O) groups is 1. The van der Waals surface area contributed by atoms with E-state index in [0.717, 1.165) is 5.56 Å². The molecule has 0 aromatic carbocycles. The molecular formula is C24H31Cl2N7O3. The summed E-state index contributed by atoms with van der Waals surface area (Å²) in [7, 11) is 0. The molecule has 1 aliphatic heterocycles. The van der Waals surface area contributed by atoms with Crippen molar-refractivity contribution in [3.63, 3.8) is 0 Å². The van der Waals surface area contributed by atoms with Crippen molar-refractivity contribution in [3.8, 4) is 5.82 Å². The Hall–Kier alpha value is -2.85. The Kier molecular flexibility index (Phi) is 6.96. The number of piperazine rings is 1. The number of aryl methyl sites for hydroxylation is 1. The molecule has 0 saturated carbocycles. The highest BCUT2D eigenvalue weighted by Gasteiger charge is 2.32. The second kappa shape index (κ2) is 9.55. The first-order chi connectivity index (χ1) is 16.8. The number of carbonyl (C=O) groups excluding carboxylic acids is 1. The fraction of sp³-hybridized carbons (Fsp3) is 0.542. The Morgan fingerprint density at radius 1 is 1.19 bits per heavy atom. The van der Waals surface area contributed by atoms with Crippen LogP contribution in [-0.2, 0) is 4.74 Å². The van der Waals surface area contributed by atoms with Crippen molar-refractivity contribution in [3.05, 3.63) is 38.5 Å². The van der Waals surface area contributed by atoms with Crippen LogP contribution in [0.2, 0.25) is 10.2 Å². The van der Waals surface area contributed by atoms with Gasteiger partial charge in [0.2, 0.25) is 0 Å². The van der Waals surface area contributed by atoms with Crippen molar-refractivity contribution in [2.24, 2.45) is 0 Å². The molecule has 0 bridgehead atoms. The summed E-state index contributed by atoms with van der Waals surface area (Å²) in [5.74, 6) is 1.02. The summed E-state index contributed by atoms with van der Waals surface area (Å²) < 4.78 is 8.72. The van der Waals surface area contributed by atoms with Crippen LogP contribution in [0, 0.1) is 6.92 Å². The van der Waals surface area contributed by atoms with Gasteiger partial charge in [-0.15, -0.1) is 0 Å². The maximum Gasteiger partial charge on any atom is 0.410 e. The van der Waals surface area contributed by atoms with E-state index in [1.54, 1.807) is 21.8 Å². The van der Waals surface area contributed by atoms with E-state index in [0.29, 0.717) is 42.3 Å². The number of rotatable bonds is 3. The van der Waals surface area contributed by atoms with Crippen molar-refractivity contribution in [1.82, 2.24) is 29.2 Å². The zero-order chi connectivity index (χ0) is 26.5. The third-order valence-corrected chi connectivity index (χ3v) is 6.63. The summed E-state index contributed by atoms with van der Waals surface area (Å²) in [4.78, 5) is 38.8.